The number of aromatic nitrogens is 1. The number of H-pyrrole nitrogens is 1. The molecule has 0 bridgehead atoms. The lowest BCUT2D eigenvalue weighted by molar-refractivity contribution is -0.125. The van der Waals surface area contributed by atoms with Gasteiger partial charge in [-0.15, -0.1) is 0 Å². The minimum Gasteiger partial charge on any atom is -0.356 e. The van der Waals surface area contributed by atoms with E-state index in [0.717, 1.165) is 47.8 Å². The summed E-state index contributed by atoms with van der Waals surface area (Å²) in [5.74, 6) is -0.460. The fourth-order valence-electron chi connectivity index (χ4n) is 5.74. The van der Waals surface area contributed by atoms with Crippen LogP contribution in [0, 0.1) is 0 Å². The van der Waals surface area contributed by atoms with Crippen molar-refractivity contribution in [2.75, 3.05) is 11.4 Å². The number of anilines is 1. The third kappa shape index (κ3) is 2.84. The number of carbonyl (C=O) groups excluding carboxylic acids is 3. The minimum atomic E-state index is -1.11. The highest BCUT2D eigenvalue weighted by Gasteiger charge is 2.59. The van der Waals surface area contributed by atoms with Crippen LogP contribution in [-0.4, -0.2) is 40.3 Å². The van der Waals surface area contributed by atoms with E-state index in [1.165, 1.54) is 4.90 Å². The summed E-state index contributed by atoms with van der Waals surface area (Å²) in [6.07, 6.45) is 4.94. The summed E-state index contributed by atoms with van der Waals surface area (Å²) in [4.78, 5) is 46.4. The summed E-state index contributed by atoms with van der Waals surface area (Å²) in [6, 6.07) is 14.7. The molecule has 1 atom stereocenters. The van der Waals surface area contributed by atoms with Crippen LogP contribution < -0.4 is 10.2 Å². The summed E-state index contributed by atoms with van der Waals surface area (Å²) in [6.45, 7) is 2.28. The van der Waals surface area contributed by atoms with E-state index in [-0.39, 0.29) is 23.9 Å². The first-order chi connectivity index (χ1) is 16.0. The van der Waals surface area contributed by atoms with Gasteiger partial charge in [-0.05, 0) is 56.0 Å². The lowest BCUT2D eigenvalue weighted by Gasteiger charge is -2.35. The second kappa shape index (κ2) is 7.20. The molecule has 6 rings (SSSR count). The average Bonchev–Trinajstić information content (AvgIpc) is 3.51. The van der Waals surface area contributed by atoms with Gasteiger partial charge in [-0.3, -0.25) is 9.59 Å². The SMILES string of the molecule is CC12C(=O)N(c3cccc(C(=O)NC4CCCC4)c3)C(=O)N1CCc1c2[nH]c2ccccc12. The molecule has 33 heavy (non-hydrogen) atoms. The molecule has 3 aromatic rings. The predicted octanol–water partition coefficient (Wildman–Crippen LogP) is 4.08. The number of hydrogen-bond donors (Lipinski definition) is 2. The smallest absolute Gasteiger partial charge is 0.332 e. The Balaban J connectivity index is 1.36. The lowest BCUT2D eigenvalue weighted by atomic mass is 9.87. The highest BCUT2D eigenvalue weighted by Crippen LogP contribution is 2.45. The van der Waals surface area contributed by atoms with Gasteiger partial charge in [0.1, 0.15) is 0 Å². The fourth-order valence-corrected chi connectivity index (χ4v) is 5.74. The van der Waals surface area contributed by atoms with E-state index in [9.17, 15) is 14.4 Å². The molecule has 1 aromatic heterocycles. The standard InChI is InChI=1S/C26H26N4O3/c1-26-22-20(19-11-4-5-12-21(19)28-22)13-14-29(26)25(33)30(24(26)32)18-10-6-7-16(15-18)23(31)27-17-8-2-3-9-17/h4-7,10-12,15,17,28H,2-3,8-9,13-14H2,1H3,(H,27,31). The Kier molecular flexibility index (Phi) is 4.37. The summed E-state index contributed by atoms with van der Waals surface area (Å²) < 4.78 is 0. The van der Waals surface area contributed by atoms with E-state index < -0.39 is 5.54 Å². The van der Waals surface area contributed by atoms with Gasteiger partial charge in [0.05, 0.1) is 11.4 Å². The molecule has 3 aliphatic rings. The van der Waals surface area contributed by atoms with Crippen molar-refractivity contribution >= 4 is 34.4 Å². The second-order valence-corrected chi connectivity index (χ2v) is 9.43. The first-order valence-corrected chi connectivity index (χ1v) is 11.7. The van der Waals surface area contributed by atoms with Gasteiger partial charge in [0.25, 0.3) is 11.8 Å². The number of urea groups is 1. The van der Waals surface area contributed by atoms with Crippen LogP contribution in [0.2, 0.25) is 0 Å². The number of carbonyl (C=O) groups is 3. The van der Waals surface area contributed by atoms with Crippen LogP contribution in [0.1, 0.15) is 54.2 Å². The van der Waals surface area contributed by atoms with E-state index >= 15 is 0 Å². The van der Waals surface area contributed by atoms with Gasteiger partial charge in [0.2, 0.25) is 0 Å². The number of amides is 4. The van der Waals surface area contributed by atoms with E-state index in [2.05, 4.69) is 16.4 Å². The van der Waals surface area contributed by atoms with Crippen LogP contribution in [0.25, 0.3) is 10.9 Å². The van der Waals surface area contributed by atoms with Crippen molar-refractivity contribution in [2.45, 2.75) is 50.6 Å². The van der Waals surface area contributed by atoms with Crippen molar-refractivity contribution in [1.29, 1.82) is 0 Å². The number of para-hydroxylation sites is 1. The first kappa shape index (κ1) is 20.0. The van der Waals surface area contributed by atoms with Gasteiger partial charge in [0, 0.05) is 29.1 Å². The maximum atomic E-state index is 13.8. The highest BCUT2D eigenvalue weighted by molar-refractivity contribution is 6.24. The van der Waals surface area contributed by atoms with Crippen molar-refractivity contribution in [2.24, 2.45) is 0 Å². The van der Waals surface area contributed by atoms with Crippen molar-refractivity contribution < 1.29 is 14.4 Å². The quantitative estimate of drug-likeness (QED) is 0.600. The summed E-state index contributed by atoms with van der Waals surface area (Å²) in [5.41, 5.74) is 2.63. The second-order valence-electron chi connectivity index (χ2n) is 9.43. The number of nitrogens with zero attached hydrogens (tertiary/aromatic N) is 2. The largest absolute Gasteiger partial charge is 0.356 e. The molecule has 7 heteroatoms. The van der Waals surface area contributed by atoms with Gasteiger partial charge in [0.15, 0.2) is 5.54 Å². The van der Waals surface area contributed by atoms with Crippen LogP contribution in [0.4, 0.5) is 10.5 Å². The maximum absolute atomic E-state index is 13.8. The molecule has 2 N–H and O–H groups in total. The van der Waals surface area contributed by atoms with E-state index in [0.29, 0.717) is 24.2 Å². The predicted molar refractivity (Wildman–Crippen MR) is 125 cm³/mol. The Morgan fingerprint density at radius 3 is 2.70 bits per heavy atom. The molecule has 0 radical (unpaired) electrons. The first-order valence-electron chi connectivity index (χ1n) is 11.7. The number of benzene rings is 2. The molecule has 2 aromatic carbocycles. The number of nitrogens with one attached hydrogen (secondary N) is 2. The van der Waals surface area contributed by atoms with Gasteiger partial charge in [-0.2, -0.15) is 0 Å². The number of rotatable bonds is 3. The van der Waals surface area contributed by atoms with E-state index in [1.54, 1.807) is 29.2 Å². The van der Waals surface area contributed by atoms with E-state index in [4.69, 9.17) is 0 Å². The number of fused-ring (bicyclic) bond motifs is 5. The number of hydrogen-bond acceptors (Lipinski definition) is 3. The molecule has 1 unspecified atom stereocenters. The molecule has 1 saturated carbocycles. The van der Waals surface area contributed by atoms with Gasteiger partial charge >= 0.3 is 6.03 Å². The monoisotopic (exact) mass is 442 g/mol. The van der Waals surface area contributed by atoms with Crippen molar-refractivity contribution in [3.8, 4) is 0 Å². The van der Waals surface area contributed by atoms with Crippen molar-refractivity contribution in [1.82, 2.24) is 15.2 Å². The molecular weight excluding hydrogens is 416 g/mol. The molecule has 2 aliphatic heterocycles. The molecule has 0 spiro atoms. The van der Waals surface area contributed by atoms with Crippen LogP contribution in [0.15, 0.2) is 48.5 Å². The zero-order valence-electron chi connectivity index (χ0n) is 18.6. The minimum absolute atomic E-state index is 0.162. The summed E-state index contributed by atoms with van der Waals surface area (Å²) in [7, 11) is 0. The summed E-state index contributed by atoms with van der Waals surface area (Å²) in [5, 5.41) is 4.17. The third-order valence-corrected chi connectivity index (χ3v) is 7.52. The fraction of sp³-hybridized carbons (Fsp3) is 0.346. The van der Waals surface area contributed by atoms with Gasteiger partial charge in [-0.25, -0.2) is 9.69 Å². The molecule has 2 fully saturated rings. The van der Waals surface area contributed by atoms with E-state index in [1.807, 2.05) is 25.1 Å². The number of imide groups is 1. The van der Waals surface area contributed by atoms with Crippen LogP contribution >= 0.6 is 0 Å². The summed E-state index contributed by atoms with van der Waals surface area (Å²) >= 11 is 0. The average molecular weight is 443 g/mol. The molecule has 1 saturated heterocycles. The maximum Gasteiger partial charge on any atom is 0.332 e. The van der Waals surface area contributed by atoms with Crippen molar-refractivity contribution in [3.63, 3.8) is 0 Å². The number of aromatic amines is 1. The van der Waals surface area contributed by atoms with Crippen molar-refractivity contribution in [3.05, 3.63) is 65.4 Å². The Bertz CT molecular complexity index is 1310. The normalized spacial score (nSPS) is 22.7. The molecule has 1 aliphatic carbocycles. The molecule has 3 heterocycles. The Labute approximate surface area is 191 Å². The highest BCUT2D eigenvalue weighted by atomic mass is 16.2. The van der Waals surface area contributed by atoms with Crippen LogP contribution in [-0.2, 0) is 16.8 Å². The molecule has 7 nitrogen and oxygen atoms in total. The topological polar surface area (TPSA) is 85.5 Å². The third-order valence-electron chi connectivity index (χ3n) is 7.52. The zero-order chi connectivity index (χ0) is 22.7. The van der Waals surface area contributed by atoms with Crippen LogP contribution in [0.3, 0.4) is 0 Å². The Hall–Kier alpha value is -3.61. The molecule has 4 amide bonds. The Morgan fingerprint density at radius 2 is 1.88 bits per heavy atom. The molecular formula is C26H26N4O3. The van der Waals surface area contributed by atoms with Gasteiger partial charge < -0.3 is 15.2 Å². The Morgan fingerprint density at radius 1 is 1.09 bits per heavy atom. The van der Waals surface area contributed by atoms with Crippen LogP contribution in [0.5, 0.6) is 0 Å². The molecule has 168 valence electrons. The van der Waals surface area contributed by atoms with Gasteiger partial charge in [-0.1, -0.05) is 37.1 Å². The zero-order valence-corrected chi connectivity index (χ0v) is 18.6. The lowest BCUT2D eigenvalue weighted by Crippen LogP contribution is -2.49.